The Morgan fingerprint density at radius 1 is 1.05 bits per heavy atom. The lowest BCUT2D eigenvalue weighted by Crippen LogP contribution is -2.68. The Balaban J connectivity index is 3.33. The van der Waals surface area contributed by atoms with E-state index in [1.165, 1.54) is 0 Å². The summed E-state index contributed by atoms with van der Waals surface area (Å²) < 4.78 is 5.74. The lowest BCUT2D eigenvalue weighted by Gasteiger charge is -2.58. The third kappa shape index (κ3) is 3.58. The molecule has 130 valence electrons. The minimum Gasteiger partial charge on any atom is -0.444 e. The second kappa shape index (κ2) is 6.77. The quantitative estimate of drug-likeness (QED) is 0.831. The van der Waals surface area contributed by atoms with E-state index in [1.54, 1.807) is 0 Å². The summed E-state index contributed by atoms with van der Waals surface area (Å²) in [7, 11) is 0. The number of ether oxygens (including phenoxy) is 1. The minimum absolute atomic E-state index is 0.230. The normalized spacial score (nSPS) is 21.7. The number of hydrogen-bond acceptors (Lipinski definition) is 3. The second-order valence-electron chi connectivity index (χ2n) is 7.74. The van der Waals surface area contributed by atoms with Gasteiger partial charge in [0.2, 0.25) is 0 Å². The van der Waals surface area contributed by atoms with Gasteiger partial charge in [0.1, 0.15) is 5.60 Å². The van der Waals surface area contributed by atoms with E-state index in [0.717, 1.165) is 25.7 Å². The van der Waals surface area contributed by atoms with Crippen LogP contribution in [0.25, 0.3) is 0 Å². The zero-order chi connectivity index (χ0) is 17.2. The van der Waals surface area contributed by atoms with Gasteiger partial charge in [-0.05, 0) is 59.3 Å². The van der Waals surface area contributed by atoms with Crippen LogP contribution < -0.4 is 0 Å². The molecule has 0 radical (unpaired) electrons. The van der Waals surface area contributed by atoms with Crippen LogP contribution in [-0.2, 0) is 4.74 Å². The van der Waals surface area contributed by atoms with E-state index in [4.69, 9.17) is 4.74 Å². The van der Waals surface area contributed by atoms with Crippen molar-refractivity contribution in [3.05, 3.63) is 0 Å². The summed E-state index contributed by atoms with van der Waals surface area (Å²) in [6.45, 7) is 14.1. The van der Waals surface area contributed by atoms with Crippen LogP contribution in [0.2, 0.25) is 0 Å². The number of rotatable bonds is 4. The molecule has 1 fully saturated rings. The van der Waals surface area contributed by atoms with E-state index < -0.39 is 5.60 Å². The van der Waals surface area contributed by atoms with Crippen molar-refractivity contribution in [1.82, 2.24) is 4.90 Å². The van der Waals surface area contributed by atoms with Crippen LogP contribution in [0.1, 0.15) is 87.0 Å². The van der Waals surface area contributed by atoms with Gasteiger partial charge in [-0.2, -0.15) is 0 Å². The van der Waals surface area contributed by atoms with E-state index in [0.29, 0.717) is 12.8 Å². The summed E-state index contributed by atoms with van der Waals surface area (Å²) in [6.07, 6.45) is 4.04. The maximum Gasteiger partial charge on any atom is 0.411 e. The fraction of sp³-hybridized carbons (Fsp3) is 0.944. The number of piperidine rings is 1. The largest absolute Gasteiger partial charge is 0.444 e. The van der Waals surface area contributed by atoms with Gasteiger partial charge in [0, 0.05) is 11.1 Å². The predicted molar refractivity (Wildman–Crippen MR) is 89.9 cm³/mol. The number of likely N-dealkylation sites (tertiary alicyclic amines) is 1. The maximum atomic E-state index is 13.0. The number of hydrogen-bond donors (Lipinski definition) is 1. The van der Waals surface area contributed by atoms with Crippen LogP contribution in [0.5, 0.6) is 0 Å². The SMILES string of the molecule is CCC1(CC)CC(O)CC(CC)(CC)N1C(=O)OC(C)(C)C. The first-order valence-electron chi connectivity index (χ1n) is 8.81. The van der Waals surface area contributed by atoms with Gasteiger partial charge in [-0.3, -0.25) is 4.90 Å². The van der Waals surface area contributed by atoms with Gasteiger partial charge in [0.15, 0.2) is 0 Å². The summed E-state index contributed by atoms with van der Waals surface area (Å²) in [5.74, 6) is 0. The Labute approximate surface area is 136 Å². The number of aliphatic hydroxyl groups is 1. The summed E-state index contributed by atoms with van der Waals surface area (Å²) in [5.41, 5.74) is -1.13. The van der Waals surface area contributed by atoms with Crippen LogP contribution in [0.15, 0.2) is 0 Å². The number of carbonyl (C=O) groups is 1. The molecule has 1 aliphatic rings. The molecule has 0 aromatic carbocycles. The molecular formula is C18H35NO3. The molecule has 4 nitrogen and oxygen atoms in total. The van der Waals surface area contributed by atoms with Gasteiger partial charge >= 0.3 is 6.09 Å². The molecule has 1 aliphatic heterocycles. The first-order valence-corrected chi connectivity index (χ1v) is 8.81. The Morgan fingerprint density at radius 2 is 1.41 bits per heavy atom. The molecule has 0 spiro atoms. The standard InChI is InChI=1S/C18H35NO3/c1-8-17(9-2)12-14(20)13-18(10-3,11-4)19(17)15(21)22-16(5,6)7/h14,20H,8-13H2,1-7H3. The van der Waals surface area contributed by atoms with Gasteiger partial charge in [-0.25, -0.2) is 4.79 Å². The van der Waals surface area contributed by atoms with Crippen LogP contribution in [0.3, 0.4) is 0 Å². The molecule has 0 aromatic heterocycles. The molecule has 0 aromatic rings. The lowest BCUT2D eigenvalue weighted by molar-refractivity contribution is -0.114. The fourth-order valence-electron chi connectivity index (χ4n) is 4.04. The highest BCUT2D eigenvalue weighted by Gasteiger charge is 2.54. The Morgan fingerprint density at radius 3 is 1.68 bits per heavy atom. The summed E-state index contributed by atoms with van der Waals surface area (Å²) >= 11 is 0. The molecule has 0 unspecified atom stereocenters. The zero-order valence-corrected chi connectivity index (χ0v) is 15.5. The molecule has 0 aliphatic carbocycles. The van der Waals surface area contributed by atoms with Gasteiger partial charge in [-0.15, -0.1) is 0 Å². The van der Waals surface area contributed by atoms with E-state index in [-0.39, 0.29) is 23.3 Å². The average molecular weight is 313 g/mol. The van der Waals surface area contributed by atoms with Crippen molar-refractivity contribution >= 4 is 6.09 Å². The highest BCUT2D eigenvalue weighted by atomic mass is 16.6. The fourth-order valence-corrected chi connectivity index (χ4v) is 4.04. The summed E-state index contributed by atoms with van der Waals surface area (Å²) in [6, 6.07) is 0. The number of amides is 1. The molecule has 0 saturated carbocycles. The van der Waals surface area contributed by atoms with E-state index >= 15 is 0 Å². The van der Waals surface area contributed by atoms with E-state index in [9.17, 15) is 9.90 Å². The van der Waals surface area contributed by atoms with E-state index in [1.807, 2.05) is 25.7 Å². The lowest BCUT2D eigenvalue weighted by atomic mass is 9.70. The third-order valence-corrected chi connectivity index (χ3v) is 5.39. The van der Waals surface area contributed by atoms with Gasteiger partial charge in [0.05, 0.1) is 6.10 Å². The van der Waals surface area contributed by atoms with Gasteiger partial charge in [-0.1, -0.05) is 27.7 Å². The highest BCUT2D eigenvalue weighted by Crippen LogP contribution is 2.46. The Hall–Kier alpha value is -0.770. The number of aliphatic hydroxyl groups excluding tert-OH is 1. The molecule has 0 atom stereocenters. The van der Waals surface area contributed by atoms with Crippen molar-refractivity contribution < 1.29 is 14.6 Å². The van der Waals surface area contributed by atoms with Crippen LogP contribution in [0, 0.1) is 0 Å². The van der Waals surface area contributed by atoms with Crippen LogP contribution >= 0.6 is 0 Å². The monoisotopic (exact) mass is 313 g/mol. The molecular weight excluding hydrogens is 278 g/mol. The zero-order valence-electron chi connectivity index (χ0n) is 15.5. The molecule has 1 N–H and O–H groups in total. The maximum absolute atomic E-state index is 13.0. The second-order valence-corrected chi connectivity index (χ2v) is 7.74. The number of nitrogens with zero attached hydrogens (tertiary/aromatic N) is 1. The first-order chi connectivity index (χ1) is 10.1. The predicted octanol–water partition coefficient (Wildman–Crippen LogP) is 4.50. The average Bonchev–Trinajstić information content (AvgIpc) is 2.43. The Kier molecular flexibility index (Phi) is 5.94. The third-order valence-electron chi connectivity index (χ3n) is 5.39. The van der Waals surface area contributed by atoms with Crippen molar-refractivity contribution in [3.63, 3.8) is 0 Å². The smallest absolute Gasteiger partial charge is 0.411 e. The summed E-state index contributed by atoms with van der Waals surface area (Å²) in [4.78, 5) is 15.0. The molecule has 4 heteroatoms. The van der Waals surface area contributed by atoms with E-state index in [2.05, 4.69) is 27.7 Å². The first kappa shape index (κ1) is 19.3. The molecule has 1 rings (SSSR count). The molecule has 1 heterocycles. The molecule has 1 saturated heterocycles. The molecule has 1 amide bonds. The van der Waals surface area contributed by atoms with Crippen molar-refractivity contribution in [2.45, 2.75) is 110 Å². The van der Waals surface area contributed by atoms with Crippen LogP contribution in [0.4, 0.5) is 4.79 Å². The van der Waals surface area contributed by atoms with Gasteiger partial charge < -0.3 is 9.84 Å². The van der Waals surface area contributed by atoms with Crippen molar-refractivity contribution in [1.29, 1.82) is 0 Å². The van der Waals surface area contributed by atoms with Crippen molar-refractivity contribution in [3.8, 4) is 0 Å². The summed E-state index contributed by atoms with van der Waals surface area (Å²) in [5, 5.41) is 10.5. The van der Waals surface area contributed by atoms with Gasteiger partial charge in [0.25, 0.3) is 0 Å². The Bertz CT molecular complexity index is 356. The van der Waals surface area contributed by atoms with Crippen LogP contribution in [-0.4, -0.2) is 38.9 Å². The molecule has 22 heavy (non-hydrogen) atoms. The van der Waals surface area contributed by atoms with Crippen molar-refractivity contribution in [2.24, 2.45) is 0 Å². The highest BCUT2D eigenvalue weighted by molar-refractivity contribution is 5.71. The minimum atomic E-state index is -0.506. The topological polar surface area (TPSA) is 49.8 Å². The molecule has 0 bridgehead atoms. The number of carbonyl (C=O) groups excluding carboxylic acids is 1. The van der Waals surface area contributed by atoms with Crippen molar-refractivity contribution in [2.75, 3.05) is 0 Å².